The number of aryl methyl sites for hydroxylation is 2. The summed E-state index contributed by atoms with van der Waals surface area (Å²) in [7, 11) is 0. The zero-order valence-electron chi connectivity index (χ0n) is 19.6. The Morgan fingerprint density at radius 1 is 1.00 bits per heavy atom. The molecule has 0 saturated heterocycles. The minimum absolute atomic E-state index is 0.111. The first-order valence-electron chi connectivity index (χ1n) is 11.3. The molecule has 0 radical (unpaired) electrons. The molecule has 1 aliphatic rings. The molecule has 3 heteroatoms. The smallest absolute Gasteiger partial charge is 0.122 e. The molecule has 0 spiro atoms. The predicted octanol–water partition coefficient (Wildman–Crippen LogP) is 7.19. The summed E-state index contributed by atoms with van der Waals surface area (Å²) >= 11 is 0. The van der Waals surface area contributed by atoms with Crippen molar-refractivity contribution in [3.05, 3.63) is 118 Å². The van der Waals surface area contributed by atoms with Gasteiger partial charge in [-0.25, -0.2) is 0 Å². The van der Waals surface area contributed by atoms with Crippen molar-refractivity contribution in [3.63, 3.8) is 0 Å². The number of hydrogen-bond donors (Lipinski definition) is 2. The van der Waals surface area contributed by atoms with Crippen LogP contribution in [-0.4, -0.2) is 5.84 Å². The Bertz CT molecular complexity index is 1240. The fraction of sp³-hybridized carbons (Fsp3) is 0.200. The molecular formula is C30H31N3. The van der Waals surface area contributed by atoms with Crippen molar-refractivity contribution in [2.45, 2.75) is 39.5 Å². The number of nitrogen functional groups attached to an aromatic ring is 1. The van der Waals surface area contributed by atoms with Gasteiger partial charge in [-0.1, -0.05) is 85.3 Å². The number of hydrogen-bond acceptors (Lipinski definition) is 2. The van der Waals surface area contributed by atoms with Gasteiger partial charge in [-0.05, 0) is 66.6 Å². The Labute approximate surface area is 197 Å². The van der Waals surface area contributed by atoms with Crippen molar-refractivity contribution in [1.29, 1.82) is 10.7 Å². The van der Waals surface area contributed by atoms with Crippen molar-refractivity contribution < 1.29 is 0 Å². The number of allylic oxidation sites excluding steroid dienone is 4. The fourth-order valence-corrected chi connectivity index (χ4v) is 4.03. The molecule has 4 rings (SSSR count). The van der Waals surface area contributed by atoms with E-state index in [0.717, 1.165) is 35.1 Å². The van der Waals surface area contributed by atoms with Crippen LogP contribution >= 0.6 is 0 Å². The van der Waals surface area contributed by atoms with Crippen LogP contribution in [0.25, 0.3) is 11.1 Å². The van der Waals surface area contributed by atoms with Gasteiger partial charge in [0, 0.05) is 11.5 Å². The lowest BCUT2D eigenvalue weighted by Gasteiger charge is -2.17. The molecule has 0 bridgehead atoms. The number of rotatable bonds is 4. The van der Waals surface area contributed by atoms with Gasteiger partial charge in [0.1, 0.15) is 5.84 Å². The van der Waals surface area contributed by atoms with Gasteiger partial charge in [0.05, 0.1) is 11.6 Å². The van der Waals surface area contributed by atoms with E-state index in [1.54, 1.807) is 0 Å². The van der Waals surface area contributed by atoms with Gasteiger partial charge >= 0.3 is 0 Å². The number of nitrogens with two attached hydrogens (primary N) is 1. The van der Waals surface area contributed by atoms with E-state index in [9.17, 15) is 0 Å². The highest BCUT2D eigenvalue weighted by Gasteiger charge is 2.13. The zero-order chi connectivity index (χ0) is 23.8. The van der Waals surface area contributed by atoms with Gasteiger partial charge in [0.15, 0.2) is 0 Å². The van der Waals surface area contributed by atoms with E-state index in [-0.39, 0.29) is 5.84 Å². The summed E-state index contributed by atoms with van der Waals surface area (Å²) in [5, 5.41) is 16.6. The van der Waals surface area contributed by atoms with E-state index in [1.165, 1.54) is 22.3 Å². The highest BCUT2D eigenvalue weighted by atomic mass is 14.7. The van der Waals surface area contributed by atoms with E-state index < -0.39 is 0 Å². The summed E-state index contributed by atoms with van der Waals surface area (Å²) in [5.74, 6) is 0.478. The molecular weight excluding hydrogens is 402 g/mol. The minimum Gasteiger partial charge on any atom is -0.384 e. The number of benzene rings is 3. The first-order chi connectivity index (χ1) is 15.9. The van der Waals surface area contributed by atoms with Gasteiger partial charge < -0.3 is 5.73 Å². The highest BCUT2D eigenvalue weighted by Crippen LogP contribution is 2.30. The van der Waals surface area contributed by atoms with Crippen LogP contribution in [0.4, 0.5) is 0 Å². The minimum atomic E-state index is 0.111. The second-order valence-corrected chi connectivity index (χ2v) is 8.29. The predicted molar refractivity (Wildman–Crippen MR) is 138 cm³/mol. The molecule has 33 heavy (non-hydrogen) atoms. The molecule has 3 N–H and O–H groups in total. The van der Waals surface area contributed by atoms with E-state index >= 15 is 0 Å². The summed E-state index contributed by atoms with van der Waals surface area (Å²) in [4.78, 5) is 0. The van der Waals surface area contributed by atoms with Crippen LogP contribution in [0, 0.1) is 30.6 Å². The number of nitrogens with zero attached hydrogens (tertiary/aromatic N) is 1. The molecule has 0 amide bonds. The maximum Gasteiger partial charge on any atom is 0.122 e. The summed E-state index contributed by atoms with van der Waals surface area (Å²) in [6.45, 7) is 6.33. The molecule has 3 aromatic carbocycles. The van der Waals surface area contributed by atoms with Crippen LogP contribution in [0.1, 0.15) is 53.5 Å². The van der Waals surface area contributed by atoms with E-state index in [1.807, 2.05) is 48.5 Å². The zero-order valence-corrected chi connectivity index (χ0v) is 19.6. The van der Waals surface area contributed by atoms with Crippen LogP contribution in [-0.2, 0) is 0 Å². The van der Waals surface area contributed by atoms with Gasteiger partial charge in [-0.3, -0.25) is 5.41 Å². The second-order valence-electron chi connectivity index (χ2n) is 8.29. The summed E-state index contributed by atoms with van der Waals surface area (Å²) < 4.78 is 0. The lowest BCUT2D eigenvalue weighted by Crippen LogP contribution is -2.11. The molecule has 166 valence electrons. The summed E-state index contributed by atoms with van der Waals surface area (Å²) in [6.07, 6.45) is 8.78. The van der Waals surface area contributed by atoms with Crippen molar-refractivity contribution in [2.24, 2.45) is 5.73 Å². The maximum absolute atomic E-state index is 9.06. The lowest BCUT2D eigenvalue weighted by molar-refractivity contribution is 0.833. The summed E-state index contributed by atoms with van der Waals surface area (Å²) in [6, 6.07) is 24.3. The third kappa shape index (κ3) is 5.87. The molecule has 0 saturated carbocycles. The third-order valence-electron chi connectivity index (χ3n) is 6.05. The van der Waals surface area contributed by atoms with Crippen molar-refractivity contribution in [3.8, 4) is 17.2 Å². The molecule has 0 heterocycles. The van der Waals surface area contributed by atoms with Crippen molar-refractivity contribution >= 4 is 5.84 Å². The van der Waals surface area contributed by atoms with E-state index in [4.69, 9.17) is 16.4 Å². The van der Waals surface area contributed by atoms with E-state index in [2.05, 4.69) is 63.3 Å². The Kier molecular flexibility index (Phi) is 8.00. The Hall–Kier alpha value is -3.90. The van der Waals surface area contributed by atoms with Gasteiger partial charge in [-0.2, -0.15) is 5.26 Å². The topological polar surface area (TPSA) is 73.7 Å². The van der Waals surface area contributed by atoms with Crippen molar-refractivity contribution in [1.82, 2.24) is 0 Å². The van der Waals surface area contributed by atoms with Gasteiger partial charge in [-0.15, -0.1) is 0 Å². The first kappa shape index (κ1) is 23.8. The van der Waals surface area contributed by atoms with Crippen LogP contribution in [0.2, 0.25) is 0 Å². The molecule has 1 atom stereocenters. The van der Waals surface area contributed by atoms with Gasteiger partial charge in [0.2, 0.25) is 0 Å². The molecule has 1 unspecified atom stereocenters. The monoisotopic (exact) mass is 433 g/mol. The number of nitrogens with one attached hydrogen (secondary N) is 1. The largest absolute Gasteiger partial charge is 0.384 e. The molecule has 0 aliphatic heterocycles. The molecule has 0 aromatic heterocycles. The Balaban J connectivity index is 0.000000186. The molecule has 3 aromatic rings. The maximum atomic E-state index is 9.06. The number of amidine groups is 1. The Morgan fingerprint density at radius 2 is 1.70 bits per heavy atom. The average molecular weight is 434 g/mol. The molecule has 1 aliphatic carbocycles. The standard InChI is InChI=1S/C15H16N2.C15H15N/c1-10-5-3-4-6-13(10)14-9-12(15(16)17)8-7-11(14)2;1-2-12-7-9-13(10-8-12)15-6-4-3-5-14(15)11-16/h3-9H,1-2H3,(H3,16,17);3-9,13H,2,10H2,1H3. The molecule has 0 fully saturated rings. The Morgan fingerprint density at radius 3 is 2.33 bits per heavy atom. The normalized spacial score (nSPS) is 14.5. The van der Waals surface area contributed by atoms with E-state index in [0.29, 0.717) is 5.92 Å². The third-order valence-corrected chi connectivity index (χ3v) is 6.05. The van der Waals surface area contributed by atoms with Crippen molar-refractivity contribution in [2.75, 3.05) is 0 Å². The fourth-order valence-electron chi connectivity index (χ4n) is 4.03. The quantitative estimate of drug-likeness (QED) is 0.337. The summed E-state index contributed by atoms with van der Waals surface area (Å²) in [5.41, 5.74) is 14.4. The molecule has 3 nitrogen and oxygen atoms in total. The highest BCUT2D eigenvalue weighted by molar-refractivity contribution is 5.96. The van der Waals surface area contributed by atoms with Crippen LogP contribution in [0.15, 0.2) is 90.5 Å². The second kappa shape index (κ2) is 11.1. The van der Waals surface area contributed by atoms with Crippen LogP contribution in [0.3, 0.4) is 0 Å². The SMILES string of the molecule is CCC1=CCC(c2ccccc2C#N)C=C1.Cc1ccccc1-c1cc(C(=N)N)ccc1C. The number of nitriles is 1. The average Bonchev–Trinajstić information content (AvgIpc) is 2.85. The first-order valence-corrected chi connectivity index (χ1v) is 11.3. The van der Waals surface area contributed by atoms with Gasteiger partial charge in [0.25, 0.3) is 0 Å². The lowest BCUT2D eigenvalue weighted by atomic mass is 9.87. The van der Waals surface area contributed by atoms with Crippen LogP contribution in [0.5, 0.6) is 0 Å². The van der Waals surface area contributed by atoms with Crippen LogP contribution < -0.4 is 5.73 Å².